The molecule has 0 amide bonds. The number of aliphatic hydroxyl groups is 1. The van der Waals surface area contributed by atoms with Gasteiger partial charge in [0.05, 0.1) is 0 Å². The molecule has 0 spiro atoms. The maximum Gasteiger partial charge on any atom is 0.187 e. The van der Waals surface area contributed by atoms with E-state index < -0.39 is 0 Å². The number of aromatic nitrogens is 2. The fraction of sp³-hybridized carbons (Fsp3) is 0.529. The highest BCUT2D eigenvalue weighted by atomic mass is 32.2. The standard InChI is InChI=1S/C17H24N4OS2/c1-23-17-18-8-15(9-19-17)10-20-4-5-21(16(12-20)2-6-22)11-14-3-7-24-13-14/h3,7-9,13,16,22H,2,4-6,10-12H2,1H3. The molecule has 0 bridgehead atoms. The van der Waals surface area contributed by atoms with Gasteiger partial charge in [0, 0.05) is 63.3 Å². The molecular formula is C17H24N4OS2. The Bertz CT molecular complexity index is 606. The molecule has 2 aromatic rings. The van der Waals surface area contributed by atoms with Crippen LogP contribution in [0.5, 0.6) is 0 Å². The molecule has 1 unspecified atom stereocenters. The highest BCUT2D eigenvalue weighted by Crippen LogP contribution is 2.19. The van der Waals surface area contributed by atoms with Crippen molar-refractivity contribution in [2.24, 2.45) is 0 Å². The Morgan fingerprint density at radius 2 is 2.08 bits per heavy atom. The molecule has 1 fully saturated rings. The molecule has 1 N–H and O–H groups in total. The zero-order valence-electron chi connectivity index (χ0n) is 14.0. The van der Waals surface area contributed by atoms with Crippen molar-refractivity contribution in [3.63, 3.8) is 0 Å². The molecule has 2 aromatic heterocycles. The summed E-state index contributed by atoms with van der Waals surface area (Å²) in [5, 5.41) is 14.6. The first kappa shape index (κ1) is 17.8. The largest absolute Gasteiger partial charge is 0.396 e. The molecule has 1 aliphatic rings. The minimum atomic E-state index is 0.240. The maximum atomic E-state index is 9.43. The molecule has 0 radical (unpaired) electrons. The Labute approximate surface area is 151 Å². The van der Waals surface area contributed by atoms with E-state index in [0.717, 1.165) is 49.9 Å². The smallest absolute Gasteiger partial charge is 0.187 e. The summed E-state index contributed by atoms with van der Waals surface area (Å²) in [5.41, 5.74) is 2.53. The van der Waals surface area contributed by atoms with Gasteiger partial charge in [-0.3, -0.25) is 9.80 Å². The second kappa shape index (κ2) is 8.92. The van der Waals surface area contributed by atoms with Crippen LogP contribution in [0.15, 0.2) is 34.4 Å². The average Bonchev–Trinajstić information content (AvgIpc) is 3.11. The molecular weight excluding hydrogens is 340 g/mol. The number of aliphatic hydroxyl groups excluding tert-OH is 1. The molecule has 3 rings (SSSR count). The summed E-state index contributed by atoms with van der Waals surface area (Å²) in [6.07, 6.45) is 6.67. The van der Waals surface area contributed by atoms with E-state index in [2.05, 4.69) is 36.6 Å². The quantitative estimate of drug-likeness (QED) is 0.601. The SMILES string of the molecule is CSc1ncc(CN2CCN(Cc3ccsc3)C(CCO)C2)cn1. The van der Waals surface area contributed by atoms with E-state index in [0.29, 0.717) is 6.04 Å². The van der Waals surface area contributed by atoms with Crippen LogP contribution in [0.3, 0.4) is 0 Å². The van der Waals surface area contributed by atoms with Crippen LogP contribution < -0.4 is 0 Å². The summed E-state index contributed by atoms with van der Waals surface area (Å²) in [5.74, 6) is 0. The monoisotopic (exact) mass is 364 g/mol. The molecule has 1 saturated heterocycles. The van der Waals surface area contributed by atoms with Crippen LogP contribution in [0, 0.1) is 0 Å². The summed E-state index contributed by atoms with van der Waals surface area (Å²) >= 11 is 3.31. The first-order chi connectivity index (χ1) is 11.8. The fourth-order valence-corrected chi connectivity index (χ4v) is 4.11. The zero-order chi connectivity index (χ0) is 16.8. The second-order valence-corrected chi connectivity index (χ2v) is 7.63. The molecule has 1 atom stereocenters. The fourth-order valence-electron chi connectivity index (χ4n) is 3.14. The average molecular weight is 365 g/mol. The van der Waals surface area contributed by atoms with Crippen molar-refractivity contribution in [2.75, 3.05) is 32.5 Å². The van der Waals surface area contributed by atoms with Gasteiger partial charge >= 0.3 is 0 Å². The van der Waals surface area contributed by atoms with Crippen LogP contribution in [0.25, 0.3) is 0 Å². The summed E-state index contributed by atoms with van der Waals surface area (Å²) in [4.78, 5) is 13.7. The lowest BCUT2D eigenvalue weighted by Crippen LogP contribution is -2.52. The summed E-state index contributed by atoms with van der Waals surface area (Å²) in [6.45, 7) is 5.15. The van der Waals surface area contributed by atoms with Crippen molar-refractivity contribution in [1.82, 2.24) is 19.8 Å². The van der Waals surface area contributed by atoms with Crippen LogP contribution in [-0.4, -0.2) is 63.4 Å². The third-order valence-corrected chi connectivity index (χ3v) is 5.70. The molecule has 0 saturated carbocycles. The Morgan fingerprint density at radius 3 is 2.75 bits per heavy atom. The lowest BCUT2D eigenvalue weighted by molar-refractivity contribution is 0.0499. The normalized spacial score (nSPS) is 19.7. The van der Waals surface area contributed by atoms with Gasteiger partial charge in [0.15, 0.2) is 5.16 Å². The number of thiophene rings is 1. The lowest BCUT2D eigenvalue weighted by atomic mass is 10.1. The first-order valence-corrected chi connectivity index (χ1v) is 10.4. The highest BCUT2D eigenvalue weighted by molar-refractivity contribution is 7.98. The van der Waals surface area contributed by atoms with Gasteiger partial charge in [0.2, 0.25) is 0 Å². The van der Waals surface area contributed by atoms with Gasteiger partial charge in [-0.1, -0.05) is 11.8 Å². The predicted octanol–water partition coefficient (Wildman–Crippen LogP) is 2.33. The van der Waals surface area contributed by atoms with Gasteiger partial charge in [-0.25, -0.2) is 9.97 Å². The van der Waals surface area contributed by atoms with Crippen LogP contribution in [0.2, 0.25) is 0 Å². The van der Waals surface area contributed by atoms with Crippen molar-refractivity contribution < 1.29 is 5.11 Å². The minimum Gasteiger partial charge on any atom is -0.396 e. The van der Waals surface area contributed by atoms with Crippen molar-refractivity contribution in [2.45, 2.75) is 30.7 Å². The molecule has 1 aliphatic heterocycles. The van der Waals surface area contributed by atoms with Gasteiger partial charge in [-0.2, -0.15) is 11.3 Å². The second-order valence-electron chi connectivity index (χ2n) is 6.08. The van der Waals surface area contributed by atoms with Crippen LogP contribution in [-0.2, 0) is 13.1 Å². The van der Waals surface area contributed by atoms with Crippen LogP contribution in [0.1, 0.15) is 17.5 Å². The minimum absolute atomic E-state index is 0.240. The number of thioether (sulfide) groups is 1. The van der Waals surface area contributed by atoms with Crippen LogP contribution >= 0.6 is 23.1 Å². The van der Waals surface area contributed by atoms with Crippen LogP contribution in [0.4, 0.5) is 0 Å². The number of piperazine rings is 1. The van der Waals surface area contributed by atoms with E-state index in [1.165, 1.54) is 5.56 Å². The van der Waals surface area contributed by atoms with E-state index in [9.17, 15) is 5.11 Å². The molecule has 24 heavy (non-hydrogen) atoms. The van der Waals surface area contributed by atoms with Crippen molar-refractivity contribution >= 4 is 23.1 Å². The molecule has 0 aliphatic carbocycles. The predicted molar refractivity (Wildman–Crippen MR) is 99.3 cm³/mol. The molecule has 5 nitrogen and oxygen atoms in total. The van der Waals surface area contributed by atoms with Gasteiger partial charge in [-0.15, -0.1) is 0 Å². The maximum absolute atomic E-state index is 9.43. The number of nitrogens with zero attached hydrogens (tertiary/aromatic N) is 4. The summed E-state index contributed by atoms with van der Waals surface area (Å²) in [7, 11) is 0. The topological polar surface area (TPSA) is 52.5 Å². The van der Waals surface area contributed by atoms with E-state index in [4.69, 9.17) is 0 Å². The molecule has 0 aromatic carbocycles. The Hall–Kier alpha value is -0.990. The van der Waals surface area contributed by atoms with Gasteiger partial charge < -0.3 is 5.11 Å². The first-order valence-electron chi connectivity index (χ1n) is 8.21. The molecule has 3 heterocycles. The number of rotatable bonds is 7. The summed E-state index contributed by atoms with van der Waals surface area (Å²) < 4.78 is 0. The zero-order valence-corrected chi connectivity index (χ0v) is 15.6. The molecule has 7 heteroatoms. The van der Waals surface area contributed by atoms with Gasteiger partial charge in [0.25, 0.3) is 0 Å². The van der Waals surface area contributed by atoms with Crippen molar-refractivity contribution in [3.8, 4) is 0 Å². The Kier molecular flexibility index (Phi) is 6.62. The Balaban J connectivity index is 1.59. The van der Waals surface area contributed by atoms with E-state index >= 15 is 0 Å². The number of hydrogen-bond donors (Lipinski definition) is 1. The highest BCUT2D eigenvalue weighted by Gasteiger charge is 2.26. The van der Waals surface area contributed by atoms with E-state index in [1.54, 1.807) is 23.1 Å². The van der Waals surface area contributed by atoms with Gasteiger partial charge in [-0.05, 0) is 35.1 Å². The lowest BCUT2D eigenvalue weighted by Gasteiger charge is -2.41. The third-order valence-electron chi connectivity index (χ3n) is 4.39. The van der Waals surface area contributed by atoms with Gasteiger partial charge in [0.1, 0.15) is 0 Å². The summed E-state index contributed by atoms with van der Waals surface area (Å²) in [6, 6.07) is 2.59. The molecule has 130 valence electrons. The third kappa shape index (κ3) is 4.77. The van der Waals surface area contributed by atoms with Crippen molar-refractivity contribution in [1.29, 1.82) is 0 Å². The van der Waals surface area contributed by atoms with E-state index in [-0.39, 0.29) is 6.61 Å². The van der Waals surface area contributed by atoms with Crippen molar-refractivity contribution in [3.05, 3.63) is 40.3 Å². The Morgan fingerprint density at radius 1 is 1.25 bits per heavy atom. The van der Waals surface area contributed by atoms with E-state index in [1.807, 2.05) is 18.6 Å². The number of hydrogen-bond acceptors (Lipinski definition) is 7.